The summed E-state index contributed by atoms with van der Waals surface area (Å²) in [5.74, 6) is 0.681. The van der Waals surface area contributed by atoms with Crippen LogP contribution in [0.4, 0.5) is 0 Å². The molecule has 4 nitrogen and oxygen atoms in total. The highest BCUT2D eigenvalue weighted by Gasteiger charge is 2.49. The molecule has 59 heavy (non-hydrogen) atoms. The van der Waals surface area contributed by atoms with E-state index in [0.29, 0.717) is 5.82 Å². The average Bonchev–Trinajstić information content (AvgIpc) is 3.99. The van der Waals surface area contributed by atoms with E-state index in [0.717, 1.165) is 60.9 Å². The lowest BCUT2D eigenvalue weighted by Gasteiger charge is -2.34. The van der Waals surface area contributed by atoms with Crippen LogP contribution in [-0.2, 0) is 5.41 Å². The lowest BCUT2D eigenvalue weighted by Crippen LogP contribution is -2.29. The molecule has 0 fully saturated rings. The molecular formula is C54H34N4S. The third-order valence-corrected chi connectivity index (χ3v) is 13.0. The standard InChI is InChI=1S/C54H34N4S/c1-4-19-38(20-5-1)54(39-21-6-2-7-22-39)44-27-12-10-26-42(44)51-49(54)50(56-52(57-51)36-17-16-18-37(33-36)53-55-45-28-13-15-30-48(45)59-53)35-31-32-47-43(34-35)41-25-11-14-29-46(41)58(47)40-23-8-3-9-24-40/h1-34H. The van der Waals surface area contributed by atoms with Gasteiger partial charge in [0.2, 0.25) is 0 Å². The smallest absolute Gasteiger partial charge is 0.160 e. The molecule has 1 aliphatic carbocycles. The predicted octanol–water partition coefficient (Wildman–Crippen LogP) is 13.5. The third kappa shape index (κ3) is 5.12. The van der Waals surface area contributed by atoms with Crippen LogP contribution in [0.1, 0.15) is 22.3 Å². The minimum Gasteiger partial charge on any atom is -0.309 e. The fourth-order valence-corrected chi connectivity index (χ4v) is 10.4. The van der Waals surface area contributed by atoms with E-state index in [-0.39, 0.29) is 0 Å². The van der Waals surface area contributed by atoms with E-state index in [9.17, 15) is 0 Å². The zero-order valence-electron chi connectivity index (χ0n) is 31.8. The summed E-state index contributed by atoms with van der Waals surface area (Å²) in [5.41, 5.74) is 14.4. The van der Waals surface area contributed by atoms with Crippen molar-refractivity contribution < 1.29 is 0 Å². The van der Waals surface area contributed by atoms with Crippen molar-refractivity contribution >= 4 is 43.4 Å². The Morgan fingerprint density at radius 3 is 1.88 bits per heavy atom. The zero-order chi connectivity index (χ0) is 38.9. The number of thiazole rings is 1. The highest BCUT2D eigenvalue weighted by Crippen LogP contribution is 2.58. The van der Waals surface area contributed by atoms with Gasteiger partial charge < -0.3 is 4.57 Å². The molecule has 0 aliphatic heterocycles. The Morgan fingerprint density at radius 1 is 0.441 bits per heavy atom. The van der Waals surface area contributed by atoms with E-state index in [1.54, 1.807) is 11.3 Å². The van der Waals surface area contributed by atoms with Gasteiger partial charge in [0, 0.05) is 44.3 Å². The Bertz CT molecular complexity index is 3310. The summed E-state index contributed by atoms with van der Waals surface area (Å²) in [6.45, 7) is 0. The molecule has 8 aromatic carbocycles. The summed E-state index contributed by atoms with van der Waals surface area (Å²) in [6, 6.07) is 73.7. The monoisotopic (exact) mass is 770 g/mol. The Balaban J connectivity index is 1.17. The van der Waals surface area contributed by atoms with Crippen molar-refractivity contribution in [2.45, 2.75) is 5.41 Å². The van der Waals surface area contributed by atoms with E-state index in [1.807, 2.05) is 6.07 Å². The predicted molar refractivity (Wildman–Crippen MR) is 243 cm³/mol. The fraction of sp³-hybridized carbons (Fsp3) is 0.0185. The van der Waals surface area contributed by atoms with Crippen LogP contribution in [-0.4, -0.2) is 19.5 Å². The van der Waals surface area contributed by atoms with Crippen LogP contribution < -0.4 is 0 Å². The van der Waals surface area contributed by atoms with E-state index in [2.05, 4.69) is 205 Å². The molecule has 3 aromatic heterocycles. The van der Waals surface area contributed by atoms with Crippen LogP contribution in [0, 0.1) is 0 Å². The zero-order valence-corrected chi connectivity index (χ0v) is 32.6. The molecule has 0 saturated heterocycles. The van der Waals surface area contributed by atoms with Gasteiger partial charge in [-0.05, 0) is 65.2 Å². The van der Waals surface area contributed by atoms with E-state index in [1.165, 1.54) is 37.7 Å². The van der Waals surface area contributed by atoms with Gasteiger partial charge in [-0.25, -0.2) is 15.0 Å². The average molecular weight is 771 g/mol. The van der Waals surface area contributed by atoms with Crippen LogP contribution in [0.5, 0.6) is 0 Å². The molecular weight excluding hydrogens is 737 g/mol. The van der Waals surface area contributed by atoms with Crippen molar-refractivity contribution in [2.75, 3.05) is 0 Å². The highest BCUT2D eigenvalue weighted by atomic mass is 32.1. The minimum atomic E-state index is -0.682. The summed E-state index contributed by atoms with van der Waals surface area (Å²) < 4.78 is 3.54. The molecule has 5 heteroatoms. The number of hydrogen-bond donors (Lipinski definition) is 0. The largest absolute Gasteiger partial charge is 0.309 e. The molecule has 0 unspecified atom stereocenters. The van der Waals surface area contributed by atoms with Crippen molar-refractivity contribution in [3.8, 4) is 50.2 Å². The number of nitrogens with zero attached hydrogens (tertiary/aromatic N) is 4. The van der Waals surface area contributed by atoms with Crippen LogP contribution in [0.25, 0.3) is 82.2 Å². The second-order valence-corrected chi connectivity index (χ2v) is 16.2. The Kier molecular flexibility index (Phi) is 7.59. The van der Waals surface area contributed by atoms with Gasteiger partial charge >= 0.3 is 0 Å². The molecule has 0 atom stereocenters. The Hall–Kier alpha value is -7.47. The first-order valence-electron chi connectivity index (χ1n) is 19.9. The van der Waals surface area contributed by atoms with Crippen molar-refractivity contribution in [1.82, 2.24) is 19.5 Å². The number of para-hydroxylation sites is 3. The van der Waals surface area contributed by atoms with Gasteiger partial charge in [0.05, 0.1) is 38.1 Å². The van der Waals surface area contributed by atoms with E-state index < -0.39 is 5.41 Å². The summed E-state index contributed by atoms with van der Waals surface area (Å²) in [5, 5.41) is 3.35. The molecule has 0 amide bonds. The molecule has 0 bridgehead atoms. The number of rotatable bonds is 6. The molecule has 0 saturated carbocycles. The lowest BCUT2D eigenvalue weighted by atomic mass is 9.67. The Labute approximate surface area is 345 Å². The van der Waals surface area contributed by atoms with Gasteiger partial charge in [0.25, 0.3) is 0 Å². The van der Waals surface area contributed by atoms with E-state index >= 15 is 0 Å². The van der Waals surface area contributed by atoms with Gasteiger partial charge in [-0.1, -0.05) is 158 Å². The van der Waals surface area contributed by atoms with Gasteiger partial charge in [0.1, 0.15) is 5.01 Å². The second kappa shape index (κ2) is 13.3. The third-order valence-electron chi connectivity index (χ3n) is 11.9. The van der Waals surface area contributed by atoms with Gasteiger partial charge in [-0.3, -0.25) is 0 Å². The van der Waals surface area contributed by atoms with Crippen LogP contribution >= 0.6 is 11.3 Å². The van der Waals surface area contributed by atoms with Crippen molar-refractivity contribution in [3.05, 3.63) is 229 Å². The van der Waals surface area contributed by atoms with Crippen molar-refractivity contribution in [2.24, 2.45) is 0 Å². The topological polar surface area (TPSA) is 43.6 Å². The summed E-state index contributed by atoms with van der Waals surface area (Å²) in [7, 11) is 0. The number of benzene rings is 8. The molecule has 0 spiro atoms. The molecule has 11 aromatic rings. The van der Waals surface area contributed by atoms with Crippen LogP contribution in [0.2, 0.25) is 0 Å². The summed E-state index contributed by atoms with van der Waals surface area (Å²) >= 11 is 1.71. The van der Waals surface area contributed by atoms with Crippen molar-refractivity contribution in [1.29, 1.82) is 0 Å². The Morgan fingerprint density at radius 2 is 1.08 bits per heavy atom. The maximum atomic E-state index is 5.71. The van der Waals surface area contributed by atoms with Gasteiger partial charge in [0.15, 0.2) is 5.82 Å². The first kappa shape index (κ1) is 33.6. The molecule has 276 valence electrons. The maximum absolute atomic E-state index is 5.71. The SMILES string of the molecule is c1ccc(-n2c3ccccc3c3cc(-c4nc(-c5cccc(-c6nc7ccccc7s6)c5)nc5c4C(c4ccccc4)(c4ccccc4)c4ccccc4-5)ccc32)cc1. The second-order valence-electron chi connectivity index (χ2n) is 15.1. The number of aromatic nitrogens is 4. The first-order chi connectivity index (χ1) is 29.3. The molecule has 0 N–H and O–H groups in total. The van der Waals surface area contributed by atoms with Crippen LogP contribution in [0.3, 0.4) is 0 Å². The fourth-order valence-electron chi connectivity index (χ4n) is 9.41. The summed E-state index contributed by atoms with van der Waals surface area (Å²) in [6.07, 6.45) is 0. The number of hydrogen-bond acceptors (Lipinski definition) is 4. The molecule has 0 radical (unpaired) electrons. The summed E-state index contributed by atoms with van der Waals surface area (Å²) in [4.78, 5) is 16.3. The quantitative estimate of drug-likeness (QED) is 0.169. The number of fused-ring (bicyclic) bond motifs is 7. The lowest BCUT2D eigenvalue weighted by molar-refractivity contribution is 0.763. The molecule has 1 aliphatic rings. The van der Waals surface area contributed by atoms with E-state index in [4.69, 9.17) is 15.0 Å². The molecule has 3 heterocycles. The van der Waals surface area contributed by atoms with Gasteiger partial charge in [-0.15, -0.1) is 11.3 Å². The molecule has 12 rings (SSSR count). The highest BCUT2D eigenvalue weighted by molar-refractivity contribution is 7.21. The maximum Gasteiger partial charge on any atom is 0.160 e. The van der Waals surface area contributed by atoms with Gasteiger partial charge in [-0.2, -0.15) is 0 Å². The van der Waals surface area contributed by atoms with Crippen LogP contribution in [0.15, 0.2) is 206 Å². The first-order valence-corrected chi connectivity index (χ1v) is 20.8. The van der Waals surface area contributed by atoms with Crippen molar-refractivity contribution in [3.63, 3.8) is 0 Å². The minimum absolute atomic E-state index is 0.681. The normalized spacial score (nSPS) is 12.9.